The third-order valence-corrected chi connectivity index (χ3v) is 7.54. The summed E-state index contributed by atoms with van der Waals surface area (Å²) in [7, 11) is 2.12. The van der Waals surface area contributed by atoms with Crippen molar-refractivity contribution in [2.24, 2.45) is 7.05 Å². The zero-order valence-electron chi connectivity index (χ0n) is 21.2. The van der Waals surface area contributed by atoms with E-state index in [1.54, 1.807) is 11.6 Å². The average Bonchev–Trinajstić information content (AvgIpc) is 3.55. The van der Waals surface area contributed by atoms with Gasteiger partial charge in [-0.05, 0) is 79.1 Å². The Morgan fingerprint density at radius 2 is 2.06 bits per heavy atom. The first-order valence-corrected chi connectivity index (χ1v) is 12.6. The van der Waals surface area contributed by atoms with E-state index in [1.165, 1.54) is 50.6 Å². The molecule has 4 aromatic rings. The quantitative estimate of drug-likeness (QED) is 0.179. The van der Waals surface area contributed by atoms with Crippen LogP contribution in [0.4, 0.5) is 0 Å². The molecule has 1 amide bonds. The Labute approximate surface area is 212 Å². The Bertz CT molecular complexity index is 1410. The maximum absolute atomic E-state index is 11.4. The van der Waals surface area contributed by atoms with E-state index in [0.29, 0.717) is 6.04 Å². The predicted octanol–water partition coefficient (Wildman–Crippen LogP) is 5.37. The highest BCUT2D eigenvalue weighted by atomic mass is 16.5. The molecule has 1 aliphatic rings. The number of aryl methyl sites for hydroxylation is 4. The third kappa shape index (κ3) is 4.87. The summed E-state index contributed by atoms with van der Waals surface area (Å²) in [6, 6.07) is 17.7. The number of hydrogen-bond donors (Lipinski definition) is 3. The highest BCUT2D eigenvalue weighted by Gasteiger charge is 2.28. The summed E-state index contributed by atoms with van der Waals surface area (Å²) in [5.74, 6) is -0.524. The summed E-state index contributed by atoms with van der Waals surface area (Å²) in [5, 5.41) is 10.1. The van der Waals surface area contributed by atoms with Crippen LogP contribution in [0.5, 0.6) is 0 Å². The fourth-order valence-corrected chi connectivity index (χ4v) is 5.59. The Balaban J connectivity index is 1.41. The summed E-state index contributed by atoms with van der Waals surface area (Å²) in [6.45, 7) is 6.14. The molecule has 0 fully saturated rings. The van der Waals surface area contributed by atoms with Gasteiger partial charge in [-0.15, -0.1) is 0 Å². The van der Waals surface area contributed by atoms with Gasteiger partial charge in [0.25, 0.3) is 5.91 Å². The molecule has 1 aliphatic carbocycles. The van der Waals surface area contributed by atoms with Crippen molar-refractivity contribution in [3.63, 3.8) is 0 Å². The number of hydrogen-bond acceptors (Lipinski definition) is 3. The molecule has 6 nitrogen and oxygen atoms in total. The standard InChI is InChI=1S/C30H34N4O2/c1-20-16-25(31-21(20)2)19-34(15-14-24-18-33(3)28-7-5-4-6-26(24)28)29-12-10-23-17-22(8-11-27(23)29)9-13-30(35)32-36/h4-9,11,13,16-18,29,31,36H,10,12,14-15,19H2,1-3H3,(H,32,35)/b13-9+. The highest BCUT2D eigenvalue weighted by molar-refractivity contribution is 5.90. The number of nitrogens with zero attached hydrogens (tertiary/aromatic N) is 2. The van der Waals surface area contributed by atoms with Crippen molar-refractivity contribution in [2.45, 2.75) is 45.7 Å². The lowest BCUT2D eigenvalue weighted by molar-refractivity contribution is -0.124. The number of hydroxylamine groups is 1. The molecule has 0 saturated heterocycles. The highest BCUT2D eigenvalue weighted by Crippen LogP contribution is 2.37. The fraction of sp³-hybridized carbons (Fsp3) is 0.300. The van der Waals surface area contributed by atoms with Crippen molar-refractivity contribution in [2.75, 3.05) is 6.54 Å². The molecule has 2 heterocycles. The monoisotopic (exact) mass is 482 g/mol. The Morgan fingerprint density at radius 1 is 1.22 bits per heavy atom. The van der Waals surface area contributed by atoms with E-state index in [-0.39, 0.29) is 0 Å². The first kappa shape index (κ1) is 24.1. The molecule has 36 heavy (non-hydrogen) atoms. The maximum atomic E-state index is 11.4. The Morgan fingerprint density at radius 3 is 2.83 bits per heavy atom. The van der Waals surface area contributed by atoms with Crippen molar-refractivity contribution in [3.8, 4) is 0 Å². The van der Waals surface area contributed by atoms with Gasteiger partial charge >= 0.3 is 0 Å². The number of H-pyrrole nitrogens is 1. The van der Waals surface area contributed by atoms with Crippen molar-refractivity contribution in [1.82, 2.24) is 19.9 Å². The van der Waals surface area contributed by atoms with Gasteiger partial charge in [0.05, 0.1) is 0 Å². The van der Waals surface area contributed by atoms with Crippen LogP contribution < -0.4 is 5.48 Å². The number of para-hydroxylation sites is 1. The topological polar surface area (TPSA) is 73.3 Å². The van der Waals surface area contributed by atoms with Crippen LogP contribution in [-0.2, 0) is 31.2 Å². The van der Waals surface area contributed by atoms with E-state index in [1.807, 2.05) is 0 Å². The van der Waals surface area contributed by atoms with Crippen LogP contribution in [0, 0.1) is 13.8 Å². The third-order valence-electron chi connectivity index (χ3n) is 7.54. The number of aromatic amines is 1. The van der Waals surface area contributed by atoms with Gasteiger partial charge in [-0.1, -0.05) is 36.4 Å². The smallest absolute Gasteiger partial charge is 0.267 e. The van der Waals surface area contributed by atoms with E-state index < -0.39 is 5.91 Å². The van der Waals surface area contributed by atoms with Crippen LogP contribution in [0.2, 0.25) is 0 Å². The molecule has 0 spiro atoms. The molecule has 2 aromatic heterocycles. The number of carbonyl (C=O) groups excluding carboxylic acids is 1. The molecule has 0 bridgehead atoms. The van der Waals surface area contributed by atoms with Crippen LogP contribution in [0.1, 0.15) is 51.7 Å². The van der Waals surface area contributed by atoms with Gasteiger partial charge in [-0.25, -0.2) is 5.48 Å². The largest absolute Gasteiger partial charge is 0.361 e. The number of nitrogens with one attached hydrogen (secondary N) is 2. The lowest BCUT2D eigenvalue weighted by Gasteiger charge is -2.29. The van der Waals surface area contributed by atoms with E-state index >= 15 is 0 Å². The van der Waals surface area contributed by atoms with Crippen molar-refractivity contribution in [1.29, 1.82) is 0 Å². The van der Waals surface area contributed by atoms with E-state index in [2.05, 4.69) is 90.1 Å². The van der Waals surface area contributed by atoms with Crippen LogP contribution in [-0.4, -0.2) is 32.1 Å². The number of rotatable bonds is 8. The SMILES string of the molecule is Cc1cc(CN(CCc2cn(C)c3ccccc23)C2CCc3cc(/C=C/C(=O)NO)ccc32)[nH]c1C. The molecule has 0 aliphatic heterocycles. The molecule has 5 rings (SSSR count). The van der Waals surface area contributed by atoms with E-state index in [4.69, 9.17) is 5.21 Å². The van der Waals surface area contributed by atoms with Gasteiger partial charge in [0.2, 0.25) is 0 Å². The van der Waals surface area contributed by atoms with Gasteiger partial charge in [-0.3, -0.25) is 14.9 Å². The molecular formula is C30H34N4O2. The number of amides is 1. The van der Waals surface area contributed by atoms with Crippen molar-refractivity contribution < 1.29 is 10.0 Å². The minimum absolute atomic E-state index is 0.345. The summed E-state index contributed by atoms with van der Waals surface area (Å²) < 4.78 is 2.23. The lowest BCUT2D eigenvalue weighted by Crippen LogP contribution is -2.29. The summed E-state index contributed by atoms with van der Waals surface area (Å²) in [4.78, 5) is 17.6. The predicted molar refractivity (Wildman–Crippen MR) is 144 cm³/mol. The second-order valence-corrected chi connectivity index (χ2v) is 9.93. The normalized spacial score (nSPS) is 15.3. The first-order valence-electron chi connectivity index (χ1n) is 12.6. The Hall–Kier alpha value is -3.61. The van der Waals surface area contributed by atoms with E-state index in [9.17, 15) is 4.79 Å². The van der Waals surface area contributed by atoms with Crippen molar-refractivity contribution in [3.05, 3.63) is 100 Å². The number of aromatic nitrogens is 2. The van der Waals surface area contributed by atoms with Gasteiger partial charge in [0.15, 0.2) is 0 Å². The van der Waals surface area contributed by atoms with E-state index in [0.717, 1.165) is 37.9 Å². The van der Waals surface area contributed by atoms with Crippen LogP contribution >= 0.6 is 0 Å². The minimum atomic E-state index is -0.524. The van der Waals surface area contributed by atoms with Gasteiger partial charge in [-0.2, -0.15) is 0 Å². The number of fused-ring (bicyclic) bond motifs is 2. The second kappa shape index (κ2) is 10.2. The van der Waals surface area contributed by atoms with Crippen LogP contribution in [0.25, 0.3) is 17.0 Å². The lowest BCUT2D eigenvalue weighted by atomic mass is 10.0. The van der Waals surface area contributed by atoms with Gasteiger partial charge in [0.1, 0.15) is 0 Å². The van der Waals surface area contributed by atoms with Gasteiger partial charge in [0, 0.05) is 60.7 Å². The molecule has 1 unspecified atom stereocenters. The Kier molecular flexibility index (Phi) is 6.81. The molecule has 6 heteroatoms. The fourth-order valence-electron chi connectivity index (χ4n) is 5.59. The maximum Gasteiger partial charge on any atom is 0.267 e. The number of carbonyl (C=O) groups is 1. The van der Waals surface area contributed by atoms with Gasteiger partial charge < -0.3 is 9.55 Å². The zero-order valence-corrected chi connectivity index (χ0v) is 21.2. The molecule has 3 N–H and O–H groups in total. The second-order valence-electron chi connectivity index (χ2n) is 9.93. The molecule has 1 atom stereocenters. The summed E-state index contributed by atoms with van der Waals surface area (Å²) in [6.07, 6.45) is 8.44. The molecule has 186 valence electrons. The first-order chi connectivity index (χ1) is 17.4. The number of benzene rings is 2. The summed E-state index contributed by atoms with van der Waals surface area (Å²) >= 11 is 0. The molecule has 0 radical (unpaired) electrons. The molecular weight excluding hydrogens is 448 g/mol. The van der Waals surface area contributed by atoms with Crippen LogP contribution in [0.3, 0.4) is 0 Å². The minimum Gasteiger partial charge on any atom is -0.361 e. The molecule has 2 aromatic carbocycles. The summed E-state index contributed by atoms with van der Waals surface area (Å²) in [5.41, 5.74) is 11.8. The van der Waals surface area contributed by atoms with Crippen LogP contribution in [0.15, 0.2) is 60.8 Å². The average molecular weight is 483 g/mol. The zero-order chi connectivity index (χ0) is 25.2. The van der Waals surface area contributed by atoms with Crippen molar-refractivity contribution >= 4 is 22.9 Å². The molecule has 0 saturated carbocycles.